The smallest absolute Gasteiger partial charge is 0.340 e. The Bertz CT molecular complexity index is 965. The van der Waals surface area contributed by atoms with Crippen molar-refractivity contribution in [3.05, 3.63) is 71.9 Å². The molecule has 0 atom stereocenters. The Morgan fingerprint density at radius 3 is 2.52 bits per heavy atom. The third kappa shape index (κ3) is 4.42. The van der Waals surface area contributed by atoms with Gasteiger partial charge >= 0.3 is 5.97 Å². The van der Waals surface area contributed by atoms with E-state index in [4.69, 9.17) is 9.72 Å². The van der Waals surface area contributed by atoms with E-state index in [0.717, 1.165) is 16.6 Å². The molecule has 0 unspecified atom stereocenters. The maximum absolute atomic E-state index is 12.7. The summed E-state index contributed by atoms with van der Waals surface area (Å²) in [6.45, 7) is 2.80. The number of hydrogen-bond donors (Lipinski definition) is 0. The molecule has 0 spiro atoms. The van der Waals surface area contributed by atoms with Crippen LogP contribution in [0.25, 0.3) is 10.9 Å². The molecule has 29 heavy (non-hydrogen) atoms. The summed E-state index contributed by atoms with van der Waals surface area (Å²) in [5.41, 5.74) is 3.45. The lowest BCUT2D eigenvalue weighted by molar-refractivity contribution is 0.0524. The maximum Gasteiger partial charge on any atom is 0.340 e. The number of ether oxygens (including phenoxy) is 1. The van der Waals surface area contributed by atoms with E-state index in [0.29, 0.717) is 24.8 Å². The second-order valence-corrected chi connectivity index (χ2v) is 7.65. The second kappa shape index (κ2) is 9.08. The van der Waals surface area contributed by atoms with Gasteiger partial charge < -0.3 is 9.64 Å². The first-order chi connectivity index (χ1) is 14.3. The van der Waals surface area contributed by atoms with Crippen LogP contribution in [0, 0.1) is 0 Å². The molecular weight excluding hydrogens is 360 g/mol. The molecule has 1 aromatic heterocycles. The molecule has 1 saturated carbocycles. The fraction of sp³-hybridized carbons (Fsp3) is 0.360. The first-order valence-electron chi connectivity index (χ1n) is 10.6. The molecule has 3 aromatic rings. The van der Waals surface area contributed by atoms with Gasteiger partial charge in [0.25, 0.3) is 0 Å². The Hall–Kier alpha value is -2.88. The number of aromatic nitrogens is 1. The second-order valence-electron chi connectivity index (χ2n) is 7.65. The molecule has 1 heterocycles. The molecular formula is C25H28N2O2. The fourth-order valence-electron chi connectivity index (χ4n) is 4.27. The molecule has 4 rings (SSSR count). The standard InChI is InChI=1S/C25H28N2O2/c1-2-29-25(28)22-17-19-11-9-10-16-23(19)26-24(22)18-27(20-12-5-3-6-13-20)21-14-7-4-8-15-21/h3,5-6,9-13,16-17,21H,2,4,7-8,14-15,18H2,1H3. The highest BCUT2D eigenvalue weighted by Crippen LogP contribution is 2.30. The topological polar surface area (TPSA) is 42.4 Å². The van der Waals surface area contributed by atoms with Gasteiger partial charge in [-0.3, -0.25) is 4.98 Å². The molecule has 0 aliphatic heterocycles. The van der Waals surface area contributed by atoms with Crippen LogP contribution >= 0.6 is 0 Å². The Morgan fingerprint density at radius 1 is 1.03 bits per heavy atom. The number of nitrogens with zero attached hydrogens (tertiary/aromatic N) is 2. The minimum Gasteiger partial charge on any atom is -0.462 e. The molecule has 1 fully saturated rings. The minimum atomic E-state index is -0.294. The number of carbonyl (C=O) groups is 1. The normalized spacial score (nSPS) is 14.7. The van der Waals surface area contributed by atoms with Gasteiger partial charge in [-0.2, -0.15) is 0 Å². The van der Waals surface area contributed by atoms with Crippen LogP contribution in [0.5, 0.6) is 0 Å². The van der Waals surface area contributed by atoms with Crippen molar-refractivity contribution in [3.8, 4) is 0 Å². The summed E-state index contributed by atoms with van der Waals surface area (Å²) in [6.07, 6.45) is 6.17. The van der Waals surface area contributed by atoms with Gasteiger partial charge in [0.1, 0.15) is 0 Å². The number of carbonyl (C=O) groups excluding carboxylic acids is 1. The van der Waals surface area contributed by atoms with E-state index in [9.17, 15) is 4.79 Å². The van der Waals surface area contributed by atoms with Crippen LogP contribution in [0.3, 0.4) is 0 Å². The molecule has 0 N–H and O–H groups in total. The van der Waals surface area contributed by atoms with Crippen molar-refractivity contribution >= 4 is 22.6 Å². The summed E-state index contributed by atoms with van der Waals surface area (Å²) in [6, 6.07) is 20.8. The number of fused-ring (bicyclic) bond motifs is 1. The Balaban J connectivity index is 1.76. The predicted octanol–water partition coefficient (Wildman–Crippen LogP) is 5.75. The van der Waals surface area contributed by atoms with E-state index in [2.05, 4.69) is 29.2 Å². The molecule has 0 radical (unpaired) electrons. The molecule has 150 valence electrons. The van der Waals surface area contributed by atoms with E-state index in [1.807, 2.05) is 43.3 Å². The molecule has 0 saturated heterocycles. The Labute approximate surface area is 172 Å². The molecule has 4 nitrogen and oxygen atoms in total. The van der Waals surface area contributed by atoms with Crippen molar-refractivity contribution in [2.24, 2.45) is 0 Å². The van der Waals surface area contributed by atoms with Gasteiger partial charge in [0.2, 0.25) is 0 Å². The summed E-state index contributed by atoms with van der Waals surface area (Å²) >= 11 is 0. The van der Waals surface area contributed by atoms with Gasteiger partial charge in [0, 0.05) is 17.1 Å². The molecule has 4 heteroatoms. The van der Waals surface area contributed by atoms with Crippen LogP contribution in [-0.2, 0) is 11.3 Å². The summed E-state index contributed by atoms with van der Waals surface area (Å²) in [5, 5.41) is 0.961. The number of esters is 1. The molecule has 1 aliphatic carbocycles. The number of anilines is 1. The van der Waals surface area contributed by atoms with Crippen molar-refractivity contribution < 1.29 is 9.53 Å². The van der Waals surface area contributed by atoms with Gasteiger partial charge in [-0.15, -0.1) is 0 Å². The Kier molecular flexibility index (Phi) is 6.09. The summed E-state index contributed by atoms with van der Waals surface area (Å²) in [4.78, 5) is 20.0. The maximum atomic E-state index is 12.7. The third-order valence-corrected chi connectivity index (χ3v) is 5.72. The van der Waals surface area contributed by atoms with E-state index in [1.54, 1.807) is 0 Å². The van der Waals surface area contributed by atoms with E-state index in [-0.39, 0.29) is 5.97 Å². The first kappa shape index (κ1) is 19.4. The number of pyridine rings is 1. The predicted molar refractivity (Wildman–Crippen MR) is 117 cm³/mol. The molecule has 1 aliphatic rings. The van der Waals surface area contributed by atoms with Gasteiger partial charge in [-0.25, -0.2) is 4.79 Å². The average molecular weight is 389 g/mol. The van der Waals surface area contributed by atoms with Crippen molar-refractivity contribution in [3.63, 3.8) is 0 Å². The highest BCUT2D eigenvalue weighted by atomic mass is 16.5. The minimum absolute atomic E-state index is 0.294. The van der Waals surface area contributed by atoms with Gasteiger partial charge in [-0.1, -0.05) is 55.7 Å². The number of para-hydroxylation sites is 2. The SMILES string of the molecule is CCOC(=O)c1cc2ccccc2nc1CN(c1ccccc1)C1CCCCC1. The first-order valence-corrected chi connectivity index (χ1v) is 10.6. The van der Waals surface area contributed by atoms with Crippen LogP contribution < -0.4 is 4.90 Å². The lowest BCUT2D eigenvalue weighted by Gasteiger charge is -2.36. The zero-order chi connectivity index (χ0) is 20.1. The molecule has 0 bridgehead atoms. The number of benzene rings is 2. The molecule has 2 aromatic carbocycles. The average Bonchev–Trinajstić information content (AvgIpc) is 2.78. The van der Waals surface area contributed by atoms with Crippen molar-refractivity contribution in [2.45, 2.75) is 51.6 Å². The largest absolute Gasteiger partial charge is 0.462 e. The monoisotopic (exact) mass is 388 g/mol. The lowest BCUT2D eigenvalue weighted by Crippen LogP contribution is -2.37. The van der Waals surface area contributed by atoms with Crippen LogP contribution in [-0.4, -0.2) is 23.6 Å². The fourth-order valence-corrected chi connectivity index (χ4v) is 4.27. The van der Waals surface area contributed by atoms with Gasteiger partial charge in [0.15, 0.2) is 0 Å². The van der Waals surface area contributed by atoms with Gasteiger partial charge in [-0.05, 0) is 44.0 Å². The molecule has 0 amide bonds. The van der Waals surface area contributed by atoms with Gasteiger partial charge in [0.05, 0.1) is 29.9 Å². The number of rotatable bonds is 6. The highest BCUT2D eigenvalue weighted by Gasteiger charge is 2.25. The van der Waals surface area contributed by atoms with E-state index in [1.165, 1.54) is 37.8 Å². The summed E-state index contributed by atoms with van der Waals surface area (Å²) in [7, 11) is 0. The van der Waals surface area contributed by atoms with Crippen LogP contribution in [0.15, 0.2) is 60.7 Å². The zero-order valence-corrected chi connectivity index (χ0v) is 17.0. The van der Waals surface area contributed by atoms with Crippen LogP contribution in [0.2, 0.25) is 0 Å². The highest BCUT2D eigenvalue weighted by molar-refractivity contribution is 5.95. The van der Waals surface area contributed by atoms with E-state index >= 15 is 0 Å². The third-order valence-electron chi connectivity index (χ3n) is 5.72. The summed E-state index contributed by atoms with van der Waals surface area (Å²) < 4.78 is 5.35. The Morgan fingerprint density at radius 2 is 1.76 bits per heavy atom. The zero-order valence-electron chi connectivity index (χ0n) is 17.0. The van der Waals surface area contributed by atoms with Crippen molar-refractivity contribution in [2.75, 3.05) is 11.5 Å². The quantitative estimate of drug-likeness (QED) is 0.504. The van der Waals surface area contributed by atoms with Crippen LogP contribution in [0.1, 0.15) is 55.1 Å². The van der Waals surface area contributed by atoms with E-state index < -0.39 is 0 Å². The van der Waals surface area contributed by atoms with Crippen molar-refractivity contribution in [1.82, 2.24) is 4.98 Å². The van der Waals surface area contributed by atoms with Crippen LogP contribution in [0.4, 0.5) is 5.69 Å². The summed E-state index contributed by atoms with van der Waals surface area (Å²) in [5.74, 6) is -0.294. The number of hydrogen-bond acceptors (Lipinski definition) is 4. The van der Waals surface area contributed by atoms with Crippen molar-refractivity contribution in [1.29, 1.82) is 0 Å². The lowest BCUT2D eigenvalue weighted by atomic mass is 9.93.